The second-order valence-corrected chi connectivity index (χ2v) is 3.95. The monoisotopic (exact) mass is 234 g/mol. The molecule has 0 aliphatic heterocycles. The number of halogens is 1. The molecule has 0 aliphatic rings. The molecule has 0 saturated carbocycles. The zero-order valence-corrected chi connectivity index (χ0v) is 9.35. The molecule has 0 radical (unpaired) electrons. The number of allylic oxidation sites excluding steroid dienone is 2. The van der Waals surface area contributed by atoms with Gasteiger partial charge in [-0.25, -0.2) is 0 Å². The first-order valence-corrected chi connectivity index (χ1v) is 4.84. The predicted molar refractivity (Wildman–Crippen MR) is 53.4 cm³/mol. The quantitative estimate of drug-likeness (QED) is 0.425. The summed E-state index contributed by atoms with van der Waals surface area (Å²) in [6.07, 6.45) is 3.81. The zero-order chi connectivity index (χ0) is 9.56. The third-order valence-corrected chi connectivity index (χ3v) is 2.26. The summed E-state index contributed by atoms with van der Waals surface area (Å²) in [6.45, 7) is 4.09. The molecule has 0 aromatic rings. The van der Waals surface area contributed by atoms with Crippen molar-refractivity contribution >= 4 is 21.9 Å². The summed E-state index contributed by atoms with van der Waals surface area (Å²) < 4.78 is 4.56. The van der Waals surface area contributed by atoms with Gasteiger partial charge >= 0.3 is 5.97 Å². The molecule has 70 valence electrons. The first-order valence-electron chi connectivity index (χ1n) is 3.93. The van der Waals surface area contributed by atoms with Crippen molar-refractivity contribution in [2.24, 2.45) is 0 Å². The highest BCUT2D eigenvalue weighted by atomic mass is 79.9. The molecule has 0 saturated heterocycles. The van der Waals surface area contributed by atoms with E-state index in [4.69, 9.17) is 0 Å². The molecule has 0 aromatic carbocycles. The minimum Gasteiger partial charge on any atom is -0.468 e. The number of alkyl halides is 1. The fourth-order valence-electron chi connectivity index (χ4n) is 0.764. The number of ether oxygens (including phenoxy) is 1. The van der Waals surface area contributed by atoms with E-state index in [1.165, 1.54) is 12.7 Å². The third-order valence-electron chi connectivity index (χ3n) is 1.43. The van der Waals surface area contributed by atoms with Crippen molar-refractivity contribution in [3.05, 3.63) is 11.6 Å². The van der Waals surface area contributed by atoms with Crippen molar-refractivity contribution in [3.8, 4) is 0 Å². The summed E-state index contributed by atoms with van der Waals surface area (Å²) in [7, 11) is 1.40. The summed E-state index contributed by atoms with van der Waals surface area (Å²) in [5, 5.41) is 0. The fraction of sp³-hybridized carbons (Fsp3) is 0.667. The minimum absolute atomic E-state index is 0.168. The van der Waals surface area contributed by atoms with Crippen LogP contribution in [0.4, 0.5) is 0 Å². The highest BCUT2D eigenvalue weighted by Crippen LogP contribution is 2.10. The molecule has 0 fully saturated rings. The standard InChI is InChI=1S/C9H15BrO2/c1-7(2)5-4-6-8(10)9(11)12-3/h5,8H,4,6H2,1-3H3. The highest BCUT2D eigenvalue weighted by Gasteiger charge is 2.13. The summed E-state index contributed by atoms with van der Waals surface area (Å²) in [5.41, 5.74) is 1.28. The molecule has 0 spiro atoms. The minimum atomic E-state index is -0.197. The van der Waals surface area contributed by atoms with Gasteiger partial charge in [-0.1, -0.05) is 27.6 Å². The van der Waals surface area contributed by atoms with Gasteiger partial charge in [-0.15, -0.1) is 0 Å². The van der Waals surface area contributed by atoms with Gasteiger partial charge in [0.15, 0.2) is 0 Å². The Kier molecular flexibility index (Phi) is 6.07. The van der Waals surface area contributed by atoms with Gasteiger partial charge in [0.25, 0.3) is 0 Å². The molecule has 0 bridgehead atoms. The topological polar surface area (TPSA) is 26.3 Å². The lowest BCUT2D eigenvalue weighted by molar-refractivity contribution is -0.139. The molecule has 1 atom stereocenters. The number of rotatable bonds is 4. The number of hydrogen-bond donors (Lipinski definition) is 0. The molecular weight excluding hydrogens is 220 g/mol. The number of esters is 1. The van der Waals surface area contributed by atoms with Crippen molar-refractivity contribution in [3.63, 3.8) is 0 Å². The van der Waals surface area contributed by atoms with Crippen LogP contribution in [-0.4, -0.2) is 17.9 Å². The normalized spacial score (nSPS) is 12.0. The first-order chi connectivity index (χ1) is 5.57. The summed E-state index contributed by atoms with van der Waals surface area (Å²) >= 11 is 3.25. The molecule has 12 heavy (non-hydrogen) atoms. The SMILES string of the molecule is COC(=O)C(Br)CCC=C(C)C. The third kappa shape index (κ3) is 5.35. The van der Waals surface area contributed by atoms with Crippen LogP contribution < -0.4 is 0 Å². The van der Waals surface area contributed by atoms with Crippen molar-refractivity contribution in [1.29, 1.82) is 0 Å². The molecule has 0 rings (SSSR count). The van der Waals surface area contributed by atoms with Crippen LogP contribution in [0.5, 0.6) is 0 Å². The van der Waals surface area contributed by atoms with E-state index in [1.807, 2.05) is 13.8 Å². The number of carbonyl (C=O) groups excluding carboxylic acids is 1. The molecule has 0 aromatic heterocycles. The van der Waals surface area contributed by atoms with Gasteiger partial charge in [-0.2, -0.15) is 0 Å². The van der Waals surface area contributed by atoms with E-state index in [0.29, 0.717) is 0 Å². The van der Waals surface area contributed by atoms with Crippen LogP contribution >= 0.6 is 15.9 Å². The van der Waals surface area contributed by atoms with E-state index in [9.17, 15) is 4.79 Å². The Bertz CT molecular complexity index is 171. The lowest BCUT2D eigenvalue weighted by Gasteiger charge is -2.04. The lowest BCUT2D eigenvalue weighted by Crippen LogP contribution is -2.14. The van der Waals surface area contributed by atoms with Crippen LogP contribution in [0.1, 0.15) is 26.7 Å². The Labute approximate surface area is 82.1 Å². The van der Waals surface area contributed by atoms with Crippen molar-refractivity contribution in [2.75, 3.05) is 7.11 Å². The van der Waals surface area contributed by atoms with Crippen molar-refractivity contribution in [2.45, 2.75) is 31.5 Å². The van der Waals surface area contributed by atoms with Gasteiger partial charge in [0.1, 0.15) is 4.83 Å². The maximum absolute atomic E-state index is 10.9. The predicted octanol–water partition coefficient (Wildman–Crippen LogP) is 2.67. The molecular formula is C9H15BrO2. The smallest absolute Gasteiger partial charge is 0.319 e. The van der Waals surface area contributed by atoms with Crippen LogP contribution in [0.2, 0.25) is 0 Å². The van der Waals surface area contributed by atoms with Gasteiger partial charge in [-0.05, 0) is 26.7 Å². The van der Waals surface area contributed by atoms with E-state index in [1.54, 1.807) is 0 Å². The highest BCUT2D eigenvalue weighted by molar-refractivity contribution is 9.10. The Morgan fingerprint density at radius 3 is 2.58 bits per heavy atom. The Morgan fingerprint density at radius 1 is 1.58 bits per heavy atom. The van der Waals surface area contributed by atoms with Crippen molar-refractivity contribution in [1.82, 2.24) is 0 Å². The second kappa shape index (κ2) is 6.23. The molecule has 1 unspecified atom stereocenters. The molecule has 0 amide bonds. The van der Waals surface area contributed by atoms with Crippen LogP contribution in [0.25, 0.3) is 0 Å². The molecule has 3 heteroatoms. The van der Waals surface area contributed by atoms with E-state index >= 15 is 0 Å². The Hall–Kier alpha value is -0.310. The molecule has 2 nitrogen and oxygen atoms in total. The molecule has 0 N–H and O–H groups in total. The van der Waals surface area contributed by atoms with E-state index in [-0.39, 0.29) is 10.8 Å². The summed E-state index contributed by atoms with van der Waals surface area (Å²) in [6, 6.07) is 0. The van der Waals surface area contributed by atoms with Gasteiger partial charge in [-0.3, -0.25) is 4.79 Å². The Balaban J connectivity index is 3.64. The van der Waals surface area contributed by atoms with Crippen LogP contribution in [0.15, 0.2) is 11.6 Å². The summed E-state index contributed by atoms with van der Waals surface area (Å²) in [4.78, 5) is 10.7. The van der Waals surface area contributed by atoms with E-state index in [2.05, 4.69) is 26.7 Å². The number of methoxy groups -OCH3 is 1. The van der Waals surface area contributed by atoms with Crippen LogP contribution in [0.3, 0.4) is 0 Å². The molecule has 0 aliphatic carbocycles. The van der Waals surface area contributed by atoms with Gasteiger partial charge in [0, 0.05) is 0 Å². The largest absolute Gasteiger partial charge is 0.468 e. The van der Waals surface area contributed by atoms with E-state index < -0.39 is 0 Å². The van der Waals surface area contributed by atoms with Gasteiger partial charge < -0.3 is 4.74 Å². The van der Waals surface area contributed by atoms with E-state index in [0.717, 1.165) is 12.8 Å². The number of carbonyl (C=O) groups is 1. The summed E-state index contributed by atoms with van der Waals surface area (Å²) in [5.74, 6) is -0.197. The average Bonchev–Trinajstić information content (AvgIpc) is 2.02. The second-order valence-electron chi connectivity index (χ2n) is 2.85. The molecule has 0 heterocycles. The number of hydrogen-bond acceptors (Lipinski definition) is 2. The maximum atomic E-state index is 10.9. The van der Waals surface area contributed by atoms with Crippen LogP contribution in [0, 0.1) is 0 Å². The maximum Gasteiger partial charge on any atom is 0.319 e. The Morgan fingerprint density at radius 2 is 2.17 bits per heavy atom. The average molecular weight is 235 g/mol. The van der Waals surface area contributed by atoms with Gasteiger partial charge in [0.05, 0.1) is 7.11 Å². The lowest BCUT2D eigenvalue weighted by atomic mass is 10.2. The van der Waals surface area contributed by atoms with Gasteiger partial charge in [0.2, 0.25) is 0 Å². The fourth-order valence-corrected chi connectivity index (χ4v) is 1.22. The van der Waals surface area contributed by atoms with Crippen molar-refractivity contribution < 1.29 is 9.53 Å². The zero-order valence-electron chi connectivity index (χ0n) is 7.76. The van der Waals surface area contributed by atoms with Crippen LogP contribution in [-0.2, 0) is 9.53 Å². The first kappa shape index (κ1) is 11.7.